The Morgan fingerprint density at radius 3 is 2.09 bits per heavy atom. The summed E-state index contributed by atoms with van der Waals surface area (Å²) >= 11 is 0. The number of fused-ring (bicyclic) bond motifs is 1. The van der Waals surface area contributed by atoms with Gasteiger partial charge >= 0.3 is 5.97 Å². The van der Waals surface area contributed by atoms with Crippen LogP contribution < -0.4 is 27.8 Å². The molecular weight excluding hydrogens is 700 g/mol. The molecule has 3 aromatic rings. The van der Waals surface area contributed by atoms with Gasteiger partial charge in [0.25, 0.3) is 5.91 Å². The second-order valence-electron chi connectivity index (χ2n) is 14.5. The van der Waals surface area contributed by atoms with Gasteiger partial charge in [-0.2, -0.15) is 0 Å². The Morgan fingerprint density at radius 2 is 1.45 bits per heavy atom. The van der Waals surface area contributed by atoms with Gasteiger partial charge in [-0.3, -0.25) is 33.8 Å². The molecule has 8 N–H and O–H groups in total. The molecule has 5 atom stereocenters. The monoisotopic (exact) mass is 756 g/mol. The van der Waals surface area contributed by atoms with E-state index in [9.17, 15) is 28.8 Å². The molecular formula is C42H56N6O7. The standard InChI is InChI=1S/C42H56N6O7/c1-5-27(4)37(48-40(53)33(20-26(2)3)24-36(50)55-25-28-12-7-6-8-13-28)38(51)41(54)47-34(16-11-19-46-42(44)45)35(49)23-32(39(43)52)22-29-17-18-30-14-9-10-15-31(30)21-29/h6-10,12-15,17-18,21,26-27,32-34,37H,5,11,16,19-20,22-25H2,1-4H3,(H2,43,52)(H,47,54)(H,48,53)(H4,44,45,46)/t27-,32+,33+,34-,37?/m0/s1. The summed E-state index contributed by atoms with van der Waals surface area (Å²) in [4.78, 5) is 84.3. The van der Waals surface area contributed by atoms with E-state index in [0.29, 0.717) is 12.8 Å². The second-order valence-corrected chi connectivity index (χ2v) is 14.5. The lowest BCUT2D eigenvalue weighted by Gasteiger charge is -2.27. The van der Waals surface area contributed by atoms with Crippen LogP contribution >= 0.6 is 0 Å². The molecule has 0 heterocycles. The Balaban J connectivity index is 1.76. The molecule has 0 spiro atoms. The SMILES string of the molecule is CC[C@H](C)C(NC(=O)[C@@H](CC(=O)OCc1ccccc1)CC(C)C)C(=O)C(=O)N[C@@H](CCCN=C(N)N)C(=O)C[C@@H](Cc1ccc2ccccc2c1)C(N)=O. The average Bonchev–Trinajstić information content (AvgIpc) is 3.15. The lowest BCUT2D eigenvalue weighted by Crippen LogP contribution is -2.54. The van der Waals surface area contributed by atoms with Crippen LogP contribution in [0.4, 0.5) is 0 Å². The van der Waals surface area contributed by atoms with Crippen molar-refractivity contribution < 1.29 is 33.5 Å². The average molecular weight is 757 g/mol. The lowest BCUT2D eigenvalue weighted by atomic mass is 9.89. The number of guanidine groups is 1. The van der Waals surface area contributed by atoms with E-state index in [1.54, 1.807) is 6.92 Å². The van der Waals surface area contributed by atoms with E-state index in [4.69, 9.17) is 21.9 Å². The zero-order valence-electron chi connectivity index (χ0n) is 32.3. The molecule has 0 saturated heterocycles. The van der Waals surface area contributed by atoms with Crippen molar-refractivity contribution in [1.29, 1.82) is 0 Å². The number of aliphatic imine (C=N–C) groups is 1. The van der Waals surface area contributed by atoms with E-state index in [-0.39, 0.29) is 57.1 Å². The number of hydrogen-bond donors (Lipinski definition) is 5. The lowest BCUT2D eigenvalue weighted by molar-refractivity contribution is -0.149. The molecule has 0 fully saturated rings. The minimum atomic E-state index is -1.24. The second kappa shape index (κ2) is 21.9. The van der Waals surface area contributed by atoms with Gasteiger partial charge in [0.2, 0.25) is 17.6 Å². The molecule has 0 aliphatic carbocycles. The van der Waals surface area contributed by atoms with Gasteiger partial charge in [0.1, 0.15) is 6.61 Å². The zero-order chi connectivity index (χ0) is 40.5. The third-order valence-corrected chi connectivity index (χ3v) is 9.58. The predicted molar refractivity (Wildman–Crippen MR) is 212 cm³/mol. The van der Waals surface area contributed by atoms with Crippen molar-refractivity contribution in [2.24, 2.45) is 45.9 Å². The summed E-state index contributed by atoms with van der Waals surface area (Å²) in [5.41, 5.74) is 18.3. The number of amides is 3. The first-order valence-electron chi connectivity index (χ1n) is 18.9. The fourth-order valence-electron chi connectivity index (χ4n) is 6.32. The topological polar surface area (TPSA) is 226 Å². The van der Waals surface area contributed by atoms with Crippen LogP contribution in [0.1, 0.15) is 77.3 Å². The molecule has 1 unspecified atom stereocenters. The smallest absolute Gasteiger partial charge is 0.306 e. The van der Waals surface area contributed by atoms with E-state index in [0.717, 1.165) is 21.9 Å². The van der Waals surface area contributed by atoms with Crippen LogP contribution in [-0.2, 0) is 46.5 Å². The van der Waals surface area contributed by atoms with E-state index < -0.39 is 65.1 Å². The molecule has 0 aliphatic heterocycles. The van der Waals surface area contributed by atoms with Gasteiger partial charge in [-0.15, -0.1) is 0 Å². The Bertz CT molecular complexity index is 1810. The molecule has 13 nitrogen and oxygen atoms in total. The number of nitrogens with two attached hydrogens (primary N) is 3. The summed E-state index contributed by atoms with van der Waals surface area (Å²) in [6.07, 6.45) is 0.818. The molecule has 0 aromatic heterocycles. The number of carbonyl (C=O) groups excluding carboxylic acids is 6. The molecule has 55 heavy (non-hydrogen) atoms. The van der Waals surface area contributed by atoms with Gasteiger partial charge in [0, 0.05) is 24.8 Å². The molecule has 3 aromatic carbocycles. The van der Waals surface area contributed by atoms with Crippen molar-refractivity contribution in [1.82, 2.24) is 10.6 Å². The van der Waals surface area contributed by atoms with Crippen LogP contribution in [-0.4, -0.2) is 59.8 Å². The van der Waals surface area contributed by atoms with E-state index in [1.165, 1.54) is 0 Å². The van der Waals surface area contributed by atoms with Gasteiger partial charge < -0.3 is 32.6 Å². The fraction of sp³-hybridized carbons (Fsp3) is 0.452. The molecule has 13 heteroatoms. The molecule has 0 aliphatic rings. The fourth-order valence-corrected chi connectivity index (χ4v) is 6.32. The first-order valence-corrected chi connectivity index (χ1v) is 18.9. The number of nitrogens with zero attached hydrogens (tertiary/aromatic N) is 1. The minimum Gasteiger partial charge on any atom is -0.461 e. The highest BCUT2D eigenvalue weighted by molar-refractivity contribution is 6.39. The molecule has 296 valence electrons. The number of primary amides is 1. The van der Waals surface area contributed by atoms with Crippen LogP contribution in [0.3, 0.4) is 0 Å². The maximum absolute atomic E-state index is 13.8. The molecule has 0 bridgehead atoms. The minimum absolute atomic E-state index is 0.0370. The summed E-state index contributed by atoms with van der Waals surface area (Å²) in [5, 5.41) is 7.30. The van der Waals surface area contributed by atoms with Gasteiger partial charge in [-0.05, 0) is 59.4 Å². The highest BCUT2D eigenvalue weighted by Crippen LogP contribution is 2.22. The molecule has 0 saturated carbocycles. The maximum atomic E-state index is 13.8. The summed E-state index contributed by atoms with van der Waals surface area (Å²) in [7, 11) is 0. The number of nitrogens with one attached hydrogen (secondary N) is 2. The van der Waals surface area contributed by atoms with Crippen LogP contribution in [0, 0.1) is 23.7 Å². The van der Waals surface area contributed by atoms with Gasteiger partial charge in [-0.25, -0.2) is 0 Å². The number of ketones is 2. The highest BCUT2D eigenvalue weighted by atomic mass is 16.5. The normalized spacial score (nSPS) is 13.8. The summed E-state index contributed by atoms with van der Waals surface area (Å²) < 4.78 is 5.43. The number of hydrogen-bond acceptors (Lipinski definition) is 8. The first kappa shape index (κ1) is 43.8. The number of rotatable bonds is 23. The number of Topliss-reactive ketones (excluding diaryl/α,β-unsaturated/α-hetero) is 2. The van der Waals surface area contributed by atoms with Crippen LogP contribution in [0.5, 0.6) is 0 Å². The maximum Gasteiger partial charge on any atom is 0.306 e. The Hall–Kier alpha value is -5.59. The number of benzene rings is 3. The van der Waals surface area contributed by atoms with Crippen LogP contribution in [0.15, 0.2) is 77.8 Å². The Morgan fingerprint density at radius 1 is 0.782 bits per heavy atom. The quantitative estimate of drug-likeness (QED) is 0.0311. The molecule has 3 amide bonds. The van der Waals surface area contributed by atoms with Gasteiger partial charge in [0.05, 0.1) is 18.5 Å². The zero-order valence-corrected chi connectivity index (χ0v) is 32.3. The molecule has 3 rings (SSSR count). The third-order valence-electron chi connectivity index (χ3n) is 9.58. The Kier molecular flexibility index (Phi) is 17.5. The number of ether oxygens (including phenoxy) is 1. The van der Waals surface area contributed by atoms with Gasteiger partial charge in [0.15, 0.2) is 11.7 Å². The summed E-state index contributed by atoms with van der Waals surface area (Å²) in [5.74, 6) is -6.58. The van der Waals surface area contributed by atoms with E-state index in [1.807, 2.05) is 93.6 Å². The van der Waals surface area contributed by atoms with Crippen molar-refractivity contribution in [3.63, 3.8) is 0 Å². The number of carbonyl (C=O) groups is 6. The van der Waals surface area contributed by atoms with Gasteiger partial charge in [-0.1, -0.05) is 107 Å². The highest BCUT2D eigenvalue weighted by Gasteiger charge is 2.36. The van der Waals surface area contributed by atoms with E-state index >= 15 is 0 Å². The van der Waals surface area contributed by atoms with Crippen molar-refractivity contribution in [3.05, 3.63) is 83.9 Å². The van der Waals surface area contributed by atoms with E-state index in [2.05, 4.69) is 15.6 Å². The largest absolute Gasteiger partial charge is 0.461 e. The van der Waals surface area contributed by atoms with Crippen molar-refractivity contribution >= 4 is 52.0 Å². The van der Waals surface area contributed by atoms with Crippen LogP contribution in [0.2, 0.25) is 0 Å². The third kappa shape index (κ3) is 14.6. The predicted octanol–water partition coefficient (Wildman–Crippen LogP) is 3.88. The van der Waals surface area contributed by atoms with Crippen molar-refractivity contribution in [2.75, 3.05) is 6.54 Å². The Labute approximate surface area is 323 Å². The van der Waals surface area contributed by atoms with Crippen molar-refractivity contribution in [2.45, 2.75) is 91.3 Å². The first-order chi connectivity index (χ1) is 26.2. The number of esters is 1. The summed E-state index contributed by atoms with van der Waals surface area (Å²) in [6.45, 7) is 7.58. The van der Waals surface area contributed by atoms with Crippen molar-refractivity contribution in [3.8, 4) is 0 Å². The summed E-state index contributed by atoms with van der Waals surface area (Å²) in [6, 6.07) is 20.2. The molecule has 0 radical (unpaired) electrons. The van der Waals surface area contributed by atoms with Crippen LogP contribution in [0.25, 0.3) is 10.8 Å².